The first-order chi connectivity index (χ1) is 9.54. The molecule has 0 aliphatic carbocycles. The minimum Gasteiger partial charge on any atom is -1.00 e. The van der Waals surface area contributed by atoms with Gasteiger partial charge in [-0.15, -0.1) is 12.4 Å². The fraction of sp³-hybridized carbons (Fsp3) is 0. The number of aromatic hydroxyl groups is 4. The Morgan fingerprint density at radius 1 is 0.727 bits per heavy atom. The van der Waals surface area contributed by atoms with Crippen molar-refractivity contribution in [3.8, 4) is 34.3 Å². The lowest BCUT2D eigenvalue weighted by molar-refractivity contribution is -0.00000855. The van der Waals surface area contributed by atoms with Crippen LogP contribution in [0.4, 0.5) is 0 Å². The van der Waals surface area contributed by atoms with E-state index in [1.807, 2.05) is 0 Å². The summed E-state index contributed by atoms with van der Waals surface area (Å²) < 4.78 is 5.59. The van der Waals surface area contributed by atoms with Crippen LogP contribution in [0.15, 0.2) is 46.9 Å². The van der Waals surface area contributed by atoms with Crippen LogP contribution in [0.3, 0.4) is 0 Å². The third kappa shape index (κ3) is 3.10. The van der Waals surface area contributed by atoms with Gasteiger partial charge >= 0.3 is 11.3 Å². The first-order valence-corrected chi connectivity index (χ1v) is 5.86. The second-order valence-corrected chi connectivity index (χ2v) is 4.38. The summed E-state index contributed by atoms with van der Waals surface area (Å²) in [4.78, 5) is 0. The number of hydrogen-bond donors (Lipinski definition) is 4. The minimum atomic E-state index is -0.253. The number of halogens is 2. The van der Waals surface area contributed by atoms with E-state index < -0.39 is 0 Å². The summed E-state index contributed by atoms with van der Waals surface area (Å²) in [6.07, 6.45) is 0. The molecule has 3 aromatic rings. The maximum absolute atomic E-state index is 9.70. The van der Waals surface area contributed by atoms with Crippen LogP contribution in [0, 0.1) is 0 Å². The van der Waals surface area contributed by atoms with E-state index in [-0.39, 0.29) is 47.8 Å². The van der Waals surface area contributed by atoms with E-state index >= 15 is 0 Å². The van der Waals surface area contributed by atoms with Gasteiger partial charge in [-0.1, -0.05) is 0 Å². The Morgan fingerprint density at radius 2 is 1.45 bits per heavy atom. The van der Waals surface area contributed by atoms with E-state index in [9.17, 15) is 20.4 Å². The molecule has 0 amide bonds. The monoisotopic (exact) mass is 342 g/mol. The molecule has 116 valence electrons. The van der Waals surface area contributed by atoms with Crippen molar-refractivity contribution in [1.82, 2.24) is 0 Å². The second-order valence-electron chi connectivity index (χ2n) is 4.38. The molecule has 2 aromatic carbocycles. The normalized spacial score (nSPS) is 9.82. The van der Waals surface area contributed by atoms with E-state index in [0.29, 0.717) is 22.3 Å². The van der Waals surface area contributed by atoms with Crippen LogP contribution in [0.25, 0.3) is 22.3 Å². The average molecular weight is 343 g/mol. The molecule has 7 heteroatoms. The first-order valence-electron chi connectivity index (χ1n) is 5.86. The molecule has 0 fully saturated rings. The molecule has 22 heavy (non-hydrogen) atoms. The van der Waals surface area contributed by atoms with Crippen molar-refractivity contribution in [2.75, 3.05) is 0 Å². The zero-order valence-electron chi connectivity index (χ0n) is 11.0. The molecule has 0 bridgehead atoms. The van der Waals surface area contributed by atoms with Crippen LogP contribution in [0.5, 0.6) is 23.0 Å². The van der Waals surface area contributed by atoms with E-state index in [4.69, 9.17) is 4.42 Å². The quantitative estimate of drug-likeness (QED) is 0.384. The van der Waals surface area contributed by atoms with Crippen LogP contribution >= 0.6 is 12.4 Å². The summed E-state index contributed by atoms with van der Waals surface area (Å²) in [5.74, 6) is -0.229. The minimum absolute atomic E-state index is 0. The molecule has 5 nitrogen and oxygen atoms in total. The molecular formula is C15H12Cl2O5. The van der Waals surface area contributed by atoms with Crippen molar-refractivity contribution >= 4 is 23.4 Å². The topological polar surface area (TPSA) is 92.2 Å². The molecular weight excluding hydrogens is 331 g/mol. The standard InChI is InChI=1S/C15H10O5.2ClH/c16-9-6-12(18)10-2-4-14(20-15(10)7-9)8-1-3-11(17)13(19)5-8;;/h1-7H,(H3-,16,17,18,19);2*1H. The second kappa shape index (κ2) is 6.60. The van der Waals surface area contributed by atoms with Crippen molar-refractivity contribution in [3.63, 3.8) is 0 Å². The van der Waals surface area contributed by atoms with Gasteiger partial charge in [0, 0.05) is 18.2 Å². The van der Waals surface area contributed by atoms with Gasteiger partial charge in [0.15, 0.2) is 11.5 Å². The van der Waals surface area contributed by atoms with Gasteiger partial charge in [-0.2, -0.15) is 0 Å². The molecule has 0 spiro atoms. The van der Waals surface area contributed by atoms with Gasteiger partial charge in [0.05, 0.1) is 11.6 Å². The van der Waals surface area contributed by atoms with E-state index in [2.05, 4.69) is 0 Å². The molecule has 0 atom stereocenters. The van der Waals surface area contributed by atoms with Crippen molar-refractivity contribution in [1.29, 1.82) is 0 Å². The number of phenolic OH excluding ortho intramolecular Hbond substituents is 4. The third-order valence-electron chi connectivity index (χ3n) is 2.99. The summed E-state index contributed by atoms with van der Waals surface area (Å²) in [7, 11) is 0. The molecule has 3 rings (SSSR count). The van der Waals surface area contributed by atoms with Gasteiger partial charge in [-0.05, 0) is 18.2 Å². The summed E-state index contributed by atoms with van der Waals surface area (Å²) in [5, 5.41) is 38.4. The highest BCUT2D eigenvalue weighted by atomic mass is 35.5. The van der Waals surface area contributed by atoms with Gasteiger partial charge in [0.25, 0.3) is 0 Å². The van der Waals surface area contributed by atoms with Crippen LogP contribution in [-0.4, -0.2) is 20.4 Å². The van der Waals surface area contributed by atoms with Crippen LogP contribution in [-0.2, 0) is 0 Å². The summed E-state index contributed by atoms with van der Waals surface area (Å²) >= 11 is 0. The van der Waals surface area contributed by atoms with Gasteiger partial charge in [-0.25, -0.2) is 4.42 Å². The van der Waals surface area contributed by atoms with E-state index in [0.717, 1.165) is 0 Å². The van der Waals surface area contributed by atoms with Crippen molar-refractivity contribution in [2.24, 2.45) is 0 Å². The summed E-state index contributed by atoms with van der Waals surface area (Å²) in [6, 6.07) is 10.2. The molecule has 1 heterocycles. The molecule has 0 unspecified atom stereocenters. The Kier molecular flexibility index (Phi) is 5.30. The van der Waals surface area contributed by atoms with Crippen molar-refractivity contribution in [3.05, 3.63) is 42.5 Å². The Labute approximate surface area is 137 Å². The first kappa shape index (κ1) is 17.7. The zero-order chi connectivity index (χ0) is 14.3. The number of rotatable bonds is 1. The molecule has 1 aromatic heterocycles. The third-order valence-corrected chi connectivity index (χ3v) is 2.99. The van der Waals surface area contributed by atoms with Crippen LogP contribution < -0.4 is 12.4 Å². The number of benzene rings is 2. The lowest BCUT2D eigenvalue weighted by Gasteiger charge is -1.99. The largest absolute Gasteiger partial charge is 1.00 e. The average Bonchev–Trinajstić information content (AvgIpc) is 2.41. The summed E-state index contributed by atoms with van der Waals surface area (Å²) in [5.41, 5.74) is 0.873. The van der Waals surface area contributed by atoms with Crippen molar-refractivity contribution < 1.29 is 37.3 Å². The lowest BCUT2D eigenvalue weighted by atomic mass is 10.1. The Morgan fingerprint density at radius 3 is 2.14 bits per heavy atom. The van der Waals surface area contributed by atoms with Crippen LogP contribution in [0.1, 0.15) is 0 Å². The SMILES string of the molecule is Cl.Oc1cc(O)c2ccc(-c3ccc(O)c(O)c3)[o+]c2c1.[Cl-]. The van der Waals surface area contributed by atoms with Crippen molar-refractivity contribution in [2.45, 2.75) is 0 Å². The Balaban J connectivity index is 0.00000121. The number of phenols is 4. The maximum Gasteiger partial charge on any atom is 0.368 e. The number of fused-ring (bicyclic) bond motifs is 1. The van der Waals surface area contributed by atoms with Gasteiger partial charge < -0.3 is 32.8 Å². The highest BCUT2D eigenvalue weighted by molar-refractivity contribution is 5.86. The Bertz CT molecular complexity index is 820. The van der Waals surface area contributed by atoms with Gasteiger partial charge in [0.2, 0.25) is 0 Å². The van der Waals surface area contributed by atoms with Gasteiger partial charge in [0.1, 0.15) is 16.9 Å². The maximum atomic E-state index is 9.70. The predicted octanol–water partition coefficient (Wildman–Crippen LogP) is 0.629. The molecule has 0 saturated carbocycles. The molecule has 0 radical (unpaired) electrons. The Hall–Kier alpha value is -2.37. The molecule has 0 aliphatic rings. The summed E-state index contributed by atoms with van der Waals surface area (Å²) in [6.45, 7) is 0. The highest BCUT2D eigenvalue weighted by Gasteiger charge is 2.18. The van der Waals surface area contributed by atoms with E-state index in [1.165, 1.54) is 24.3 Å². The van der Waals surface area contributed by atoms with E-state index in [1.54, 1.807) is 18.2 Å². The fourth-order valence-corrected chi connectivity index (χ4v) is 1.99. The smallest absolute Gasteiger partial charge is 0.368 e. The molecule has 0 aliphatic heterocycles. The number of hydrogen-bond acceptors (Lipinski definition) is 4. The molecule has 0 saturated heterocycles. The van der Waals surface area contributed by atoms with Gasteiger partial charge in [-0.3, -0.25) is 0 Å². The lowest BCUT2D eigenvalue weighted by Crippen LogP contribution is -3.00. The van der Waals surface area contributed by atoms with Crippen LogP contribution in [0.2, 0.25) is 0 Å². The predicted molar refractivity (Wildman–Crippen MR) is 80.0 cm³/mol. The zero-order valence-corrected chi connectivity index (χ0v) is 12.6. The highest BCUT2D eigenvalue weighted by Crippen LogP contribution is 2.35. The fourth-order valence-electron chi connectivity index (χ4n) is 1.99. The molecule has 4 N–H and O–H groups in total.